The van der Waals surface area contributed by atoms with Gasteiger partial charge in [0.15, 0.2) is 0 Å². The number of nitrogens with zero attached hydrogens (tertiary/aromatic N) is 1. The van der Waals surface area contributed by atoms with Gasteiger partial charge in [0.2, 0.25) is 5.91 Å². The van der Waals surface area contributed by atoms with E-state index in [1.165, 1.54) is 263 Å². The molecule has 3 unspecified atom stereocenters. The van der Waals surface area contributed by atoms with Gasteiger partial charge in [-0.05, 0) is 63.9 Å². The maximum atomic E-state index is 13.6. The molecule has 0 aromatic heterocycles. The predicted octanol–water partition coefficient (Wildman–Crippen LogP) is 22.6. The summed E-state index contributed by atoms with van der Waals surface area (Å²) in [6, 6.07) is -0.848. The number of likely N-dealkylation sites (N-methyl/N-ethyl adjacent to an activating group) is 1. The van der Waals surface area contributed by atoms with Crippen LogP contribution in [0.4, 0.5) is 0 Å². The number of carbonyl (C=O) groups excluding carboxylic acids is 2. The SMILES string of the molecule is CCCCC/C=C\C/C=C\CCCCCCCCCCCC(=O)NC(COP(=O)(O)OCC[N+](C)(C)C)C(/C=C\CCCCCCCCCCCC)OC(=O)CCCCCCCCCCCCCCCCCCCCCCCCCCC. The lowest BCUT2D eigenvalue weighted by molar-refractivity contribution is -0.870. The molecule has 0 aromatic rings. The van der Waals surface area contributed by atoms with Crippen LogP contribution in [0.2, 0.25) is 0 Å². The molecule has 484 valence electrons. The number of esters is 1. The number of allylic oxidation sites excluding steroid dienone is 5. The second-order valence-electron chi connectivity index (χ2n) is 25.8. The largest absolute Gasteiger partial charge is 0.472 e. The second kappa shape index (κ2) is 62.3. The molecular weight excluding hydrogens is 1040 g/mol. The van der Waals surface area contributed by atoms with Gasteiger partial charge in [-0.25, -0.2) is 4.57 Å². The molecule has 0 spiro atoms. The number of rotatable bonds is 66. The Morgan fingerprint density at radius 2 is 0.744 bits per heavy atom. The lowest BCUT2D eigenvalue weighted by Crippen LogP contribution is -2.47. The van der Waals surface area contributed by atoms with E-state index in [1.54, 1.807) is 0 Å². The highest BCUT2D eigenvalue weighted by atomic mass is 31.2. The van der Waals surface area contributed by atoms with Crippen molar-refractivity contribution in [2.45, 2.75) is 373 Å². The molecule has 2 N–H and O–H groups in total. The number of amides is 1. The van der Waals surface area contributed by atoms with Crippen LogP contribution in [-0.4, -0.2) is 74.3 Å². The van der Waals surface area contributed by atoms with Gasteiger partial charge in [-0.15, -0.1) is 0 Å². The molecule has 0 radical (unpaired) electrons. The van der Waals surface area contributed by atoms with Crippen LogP contribution in [0.5, 0.6) is 0 Å². The third-order valence-corrected chi connectivity index (χ3v) is 17.3. The highest BCUT2D eigenvalue weighted by Gasteiger charge is 2.30. The fourth-order valence-electron chi connectivity index (χ4n) is 10.8. The summed E-state index contributed by atoms with van der Waals surface area (Å²) in [5.41, 5.74) is 0. The minimum Gasteiger partial charge on any atom is -0.456 e. The molecule has 0 aliphatic rings. The quantitative estimate of drug-likeness (QED) is 0.0205. The van der Waals surface area contributed by atoms with Crippen LogP contribution in [0, 0.1) is 0 Å². The molecule has 10 heteroatoms. The van der Waals surface area contributed by atoms with E-state index in [4.69, 9.17) is 13.8 Å². The first kappa shape index (κ1) is 80.2. The summed E-state index contributed by atoms with van der Waals surface area (Å²) in [6.45, 7) is 7.04. The number of unbranched alkanes of at least 4 members (excludes halogenated alkanes) is 46. The zero-order chi connectivity index (χ0) is 60.0. The monoisotopic (exact) mass is 1180 g/mol. The molecule has 0 heterocycles. The third kappa shape index (κ3) is 62.8. The molecule has 0 aliphatic carbocycles. The highest BCUT2D eigenvalue weighted by molar-refractivity contribution is 7.47. The van der Waals surface area contributed by atoms with E-state index in [-0.39, 0.29) is 25.1 Å². The smallest absolute Gasteiger partial charge is 0.456 e. The van der Waals surface area contributed by atoms with Gasteiger partial charge in [0, 0.05) is 12.8 Å². The van der Waals surface area contributed by atoms with Crippen LogP contribution in [0.3, 0.4) is 0 Å². The van der Waals surface area contributed by atoms with Gasteiger partial charge in [-0.1, -0.05) is 321 Å². The van der Waals surface area contributed by atoms with Gasteiger partial charge in [-0.2, -0.15) is 0 Å². The Kier molecular flexibility index (Phi) is 60.9. The average Bonchev–Trinajstić information content (AvgIpc) is 3.47. The highest BCUT2D eigenvalue weighted by Crippen LogP contribution is 2.43. The van der Waals surface area contributed by atoms with E-state index < -0.39 is 20.0 Å². The van der Waals surface area contributed by atoms with E-state index in [9.17, 15) is 19.0 Å². The first-order chi connectivity index (χ1) is 39.9. The second-order valence-corrected chi connectivity index (χ2v) is 27.2. The molecule has 82 heavy (non-hydrogen) atoms. The molecule has 0 aromatic carbocycles. The van der Waals surface area contributed by atoms with E-state index in [2.05, 4.69) is 50.4 Å². The standard InChI is InChI=1S/C72H139N2O7P/c1-7-10-13-16-19-22-25-28-30-32-34-35-36-37-38-39-41-43-45-47-50-53-56-59-62-65-72(76)81-70(63-60-57-54-51-48-27-24-21-18-15-12-9-3)69(68-80-82(77,78)79-67-66-74(4,5)6)73-71(75)64-61-58-55-52-49-46-44-42-40-33-31-29-26-23-20-17-14-11-8-2/h20,23,29,31,60,63,69-70H,7-19,21-22,24-28,30,32-59,61-62,64-68H2,1-6H3,(H-,73,75,77,78)/p+1/b23-20-,31-29-,63-60-. The van der Waals surface area contributed by atoms with E-state index in [1.807, 2.05) is 33.3 Å². The van der Waals surface area contributed by atoms with Crippen LogP contribution in [0.1, 0.15) is 361 Å². The Hall–Kier alpha value is -1.77. The van der Waals surface area contributed by atoms with Crippen molar-refractivity contribution < 1.29 is 37.3 Å². The van der Waals surface area contributed by atoms with Crippen LogP contribution >= 0.6 is 7.82 Å². The summed E-state index contributed by atoms with van der Waals surface area (Å²) in [5.74, 6) is -0.490. The predicted molar refractivity (Wildman–Crippen MR) is 356 cm³/mol. The zero-order valence-electron chi connectivity index (χ0n) is 55.5. The summed E-state index contributed by atoms with van der Waals surface area (Å²) in [4.78, 5) is 37.9. The number of hydrogen-bond acceptors (Lipinski definition) is 6. The van der Waals surface area contributed by atoms with Crippen molar-refractivity contribution in [2.24, 2.45) is 0 Å². The minimum absolute atomic E-state index is 0.0419. The first-order valence-electron chi connectivity index (χ1n) is 35.8. The van der Waals surface area contributed by atoms with Crippen molar-refractivity contribution in [3.8, 4) is 0 Å². The lowest BCUT2D eigenvalue weighted by Gasteiger charge is -2.27. The van der Waals surface area contributed by atoms with Gasteiger partial charge in [-0.3, -0.25) is 18.6 Å². The normalized spacial score (nSPS) is 13.7. The average molecular weight is 1180 g/mol. The lowest BCUT2D eigenvalue weighted by atomic mass is 10.0. The van der Waals surface area contributed by atoms with Crippen LogP contribution in [-0.2, 0) is 27.9 Å². The summed E-state index contributed by atoms with van der Waals surface area (Å²) < 4.78 is 30.8. The van der Waals surface area contributed by atoms with Gasteiger partial charge < -0.3 is 19.4 Å². The summed E-state index contributed by atoms with van der Waals surface area (Å²) in [6.07, 6.45) is 77.3. The fraction of sp³-hybridized carbons (Fsp3) is 0.889. The summed E-state index contributed by atoms with van der Waals surface area (Å²) >= 11 is 0. The Balaban J connectivity index is 5.02. The molecule has 1 amide bonds. The maximum Gasteiger partial charge on any atom is 0.472 e. The molecule has 3 atom stereocenters. The Labute approximate surface area is 510 Å². The van der Waals surface area contributed by atoms with Crippen LogP contribution < -0.4 is 5.32 Å². The molecule has 0 rings (SSSR count). The molecular formula is C72H140N2O7P+. The van der Waals surface area contributed by atoms with Gasteiger partial charge in [0.25, 0.3) is 0 Å². The van der Waals surface area contributed by atoms with Crippen molar-refractivity contribution in [2.75, 3.05) is 40.9 Å². The van der Waals surface area contributed by atoms with E-state index in [0.717, 1.165) is 64.2 Å². The molecule has 9 nitrogen and oxygen atoms in total. The van der Waals surface area contributed by atoms with Crippen molar-refractivity contribution in [3.63, 3.8) is 0 Å². The maximum absolute atomic E-state index is 13.6. The Morgan fingerprint density at radius 3 is 1.12 bits per heavy atom. The van der Waals surface area contributed by atoms with Crippen LogP contribution in [0.25, 0.3) is 0 Å². The minimum atomic E-state index is -4.45. The Morgan fingerprint density at radius 1 is 0.427 bits per heavy atom. The number of ether oxygens (including phenoxy) is 1. The van der Waals surface area contributed by atoms with Crippen molar-refractivity contribution in [1.82, 2.24) is 5.32 Å². The van der Waals surface area contributed by atoms with Gasteiger partial charge >= 0.3 is 13.8 Å². The van der Waals surface area contributed by atoms with Crippen LogP contribution in [0.15, 0.2) is 36.5 Å². The Bertz CT molecular complexity index is 1500. The van der Waals surface area contributed by atoms with E-state index >= 15 is 0 Å². The van der Waals surface area contributed by atoms with Crippen molar-refractivity contribution in [3.05, 3.63) is 36.5 Å². The number of phosphoric acid groups is 1. The molecule has 0 aliphatic heterocycles. The first-order valence-corrected chi connectivity index (χ1v) is 37.3. The third-order valence-electron chi connectivity index (χ3n) is 16.3. The van der Waals surface area contributed by atoms with E-state index in [0.29, 0.717) is 23.9 Å². The topological polar surface area (TPSA) is 111 Å². The number of phosphoric ester groups is 1. The van der Waals surface area contributed by atoms with Crippen molar-refractivity contribution in [1.29, 1.82) is 0 Å². The summed E-state index contributed by atoms with van der Waals surface area (Å²) in [7, 11) is 1.51. The number of carbonyl (C=O) groups is 2. The van der Waals surface area contributed by atoms with Gasteiger partial charge in [0.1, 0.15) is 19.3 Å². The number of nitrogens with one attached hydrogen (secondary N) is 1. The number of quaternary nitrogens is 1. The summed E-state index contributed by atoms with van der Waals surface area (Å²) in [5, 5.41) is 3.07. The van der Waals surface area contributed by atoms with Gasteiger partial charge in [0.05, 0.1) is 33.8 Å². The molecule has 0 saturated heterocycles. The molecule has 0 fully saturated rings. The fourth-order valence-corrected chi connectivity index (χ4v) is 11.5. The zero-order valence-corrected chi connectivity index (χ0v) is 56.4. The molecule has 0 saturated carbocycles. The van der Waals surface area contributed by atoms with Crippen molar-refractivity contribution >= 4 is 19.7 Å². The number of hydrogen-bond donors (Lipinski definition) is 2. The molecule has 0 bridgehead atoms.